The van der Waals surface area contributed by atoms with Crippen LogP contribution in [-0.2, 0) is 19.1 Å². The molecule has 0 aliphatic carbocycles. The highest BCUT2D eigenvalue weighted by molar-refractivity contribution is 5.87. The zero-order valence-corrected chi connectivity index (χ0v) is 13.8. The van der Waals surface area contributed by atoms with Gasteiger partial charge in [0, 0.05) is 17.6 Å². The summed E-state index contributed by atoms with van der Waals surface area (Å²) in [6.07, 6.45) is 3.75. The van der Waals surface area contributed by atoms with Crippen LogP contribution < -0.4 is 0 Å². The minimum atomic E-state index is -0.588. The third-order valence-electron chi connectivity index (χ3n) is 3.21. The number of carbonyl (C=O) groups is 2. The molecule has 0 aromatic rings. The molecule has 0 aliphatic heterocycles. The summed E-state index contributed by atoms with van der Waals surface area (Å²) < 4.78 is 10.8. The lowest BCUT2D eigenvalue weighted by atomic mass is 9.89. The van der Waals surface area contributed by atoms with Gasteiger partial charge in [0.15, 0.2) is 0 Å². The van der Waals surface area contributed by atoms with Crippen molar-refractivity contribution in [3.8, 4) is 0 Å². The summed E-state index contributed by atoms with van der Waals surface area (Å²) in [4.78, 5) is 23.3. The zero-order valence-electron chi connectivity index (χ0n) is 13.8. The van der Waals surface area contributed by atoms with Crippen LogP contribution in [0.25, 0.3) is 0 Å². The van der Waals surface area contributed by atoms with Crippen molar-refractivity contribution in [2.24, 2.45) is 0 Å². The van der Waals surface area contributed by atoms with Gasteiger partial charge in [-0.2, -0.15) is 0 Å². The van der Waals surface area contributed by atoms with Crippen LogP contribution in [-0.4, -0.2) is 24.1 Å². The SMILES string of the molecule is C=C(C)C(=O)OCCC(CCC)(CCC)OC(=O)C(=C)C. The maximum atomic E-state index is 11.9. The maximum Gasteiger partial charge on any atom is 0.333 e. The number of hydrogen-bond donors (Lipinski definition) is 0. The molecule has 0 fully saturated rings. The molecule has 0 heterocycles. The number of esters is 2. The highest BCUT2D eigenvalue weighted by atomic mass is 16.6. The number of carbonyl (C=O) groups excluding carboxylic acids is 2. The van der Waals surface area contributed by atoms with Crippen molar-refractivity contribution in [3.63, 3.8) is 0 Å². The molecule has 4 nitrogen and oxygen atoms in total. The van der Waals surface area contributed by atoms with E-state index in [1.54, 1.807) is 13.8 Å². The van der Waals surface area contributed by atoms with Crippen molar-refractivity contribution in [2.75, 3.05) is 6.61 Å². The smallest absolute Gasteiger partial charge is 0.333 e. The highest BCUT2D eigenvalue weighted by Gasteiger charge is 2.33. The fraction of sp³-hybridized carbons (Fsp3) is 0.647. The van der Waals surface area contributed by atoms with E-state index in [9.17, 15) is 9.59 Å². The van der Waals surface area contributed by atoms with Crippen molar-refractivity contribution in [3.05, 3.63) is 24.3 Å². The van der Waals surface area contributed by atoms with E-state index in [2.05, 4.69) is 13.2 Å². The third kappa shape index (κ3) is 7.11. The van der Waals surface area contributed by atoms with Gasteiger partial charge >= 0.3 is 11.9 Å². The molecule has 4 heteroatoms. The van der Waals surface area contributed by atoms with Gasteiger partial charge in [-0.05, 0) is 26.7 Å². The average molecular weight is 296 g/mol. The Morgan fingerprint density at radius 2 is 1.38 bits per heavy atom. The van der Waals surface area contributed by atoms with Crippen LogP contribution >= 0.6 is 0 Å². The number of rotatable bonds is 10. The average Bonchev–Trinajstić information content (AvgIpc) is 2.38. The molecular formula is C17H28O4. The number of hydrogen-bond acceptors (Lipinski definition) is 4. The second kappa shape index (κ2) is 9.37. The third-order valence-corrected chi connectivity index (χ3v) is 3.21. The van der Waals surface area contributed by atoms with Crippen LogP contribution in [0.1, 0.15) is 59.8 Å². The summed E-state index contributed by atoms with van der Waals surface area (Å²) in [5.74, 6) is -0.800. The lowest BCUT2D eigenvalue weighted by Crippen LogP contribution is -2.37. The quantitative estimate of drug-likeness (QED) is 0.452. The second-order valence-electron chi connectivity index (χ2n) is 5.52. The molecule has 0 bridgehead atoms. The van der Waals surface area contributed by atoms with Crippen LogP contribution in [0.5, 0.6) is 0 Å². The zero-order chi connectivity index (χ0) is 16.5. The molecule has 0 spiro atoms. The maximum absolute atomic E-state index is 11.9. The summed E-state index contributed by atoms with van der Waals surface area (Å²) in [6, 6.07) is 0. The molecule has 0 rings (SSSR count). The summed E-state index contributed by atoms with van der Waals surface area (Å²) in [5.41, 5.74) is 0.158. The van der Waals surface area contributed by atoms with Crippen molar-refractivity contribution in [2.45, 2.75) is 65.4 Å². The van der Waals surface area contributed by atoms with Gasteiger partial charge in [-0.3, -0.25) is 0 Å². The molecule has 0 unspecified atom stereocenters. The fourth-order valence-electron chi connectivity index (χ4n) is 2.18. The van der Waals surface area contributed by atoms with E-state index in [1.807, 2.05) is 13.8 Å². The van der Waals surface area contributed by atoms with Gasteiger partial charge in [0.25, 0.3) is 0 Å². The van der Waals surface area contributed by atoms with E-state index in [4.69, 9.17) is 9.47 Å². The van der Waals surface area contributed by atoms with Gasteiger partial charge in [0.05, 0.1) is 6.61 Å². The van der Waals surface area contributed by atoms with Crippen molar-refractivity contribution < 1.29 is 19.1 Å². The first-order chi connectivity index (χ1) is 9.78. The molecule has 0 N–H and O–H groups in total. The van der Waals surface area contributed by atoms with E-state index in [0.717, 1.165) is 25.7 Å². The Morgan fingerprint density at radius 3 is 1.76 bits per heavy atom. The Labute approximate surface area is 128 Å². The fourth-order valence-corrected chi connectivity index (χ4v) is 2.18. The predicted molar refractivity (Wildman–Crippen MR) is 83.8 cm³/mol. The first-order valence-corrected chi connectivity index (χ1v) is 7.49. The van der Waals surface area contributed by atoms with Gasteiger partial charge in [-0.15, -0.1) is 0 Å². The predicted octanol–water partition coefficient (Wildman–Crippen LogP) is 3.95. The van der Waals surface area contributed by atoms with E-state index in [0.29, 0.717) is 17.6 Å². The van der Waals surface area contributed by atoms with Crippen LogP contribution in [0.15, 0.2) is 24.3 Å². The normalized spacial score (nSPS) is 10.9. The molecule has 0 amide bonds. The lowest BCUT2D eigenvalue weighted by Gasteiger charge is -2.33. The van der Waals surface area contributed by atoms with Crippen molar-refractivity contribution >= 4 is 11.9 Å². The Hall–Kier alpha value is -1.58. The molecule has 120 valence electrons. The van der Waals surface area contributed by atoms with E-state index in [1.165, 1.54) is 0 Å². The standard InChI is InChI=1S/C17H28O4/c1-7-9-17(10-8-2,21-16(19)14(5)6)11-12-20-15(18)13(3)4/h3,5,7-12H2,1-2,4,6H3. The van der Waals surface area contributed by atoms with Gasteiger partial charge in [-0.1, -0.05) is 39.8 Å². The van der Waals surface area contributed by atoms with E-state index in [-0.39, 0.29) is 12.6 Å². The minimum absolute atomic E-state index is 0.217. The summed E-state index contributed by atoms with van der Waals surface area (Å²) >= 11 is 0. The molecule has 0 aromatic carbocycles. The Bertz CT molecular complexity index is 390. The lowest BCUT2D eigenvalue weighted by molar-refractivity contribution is -0.160. The topological polar surface area (TPSA) is 52.6 Å². The van der Waals surface area contributed by atoms with E-state index < -0.39 is 11.6 Å². The second-order valence-corrected chi connectivity index (χ2v) is 5.52. The van der Waals surface area contributed by atoms with E-state index >= 15 is 0 Å². The summed E-state index contributed by atoms with van der Waals surface area (Å²) in [7, 11) is 0. The molecule has 0 radical (unpaired) electrons. The van der Waals surface area contributed by atoms with Gasteiger partial charge in [0.2, 0.25) is 0 Å². The molecule has 21 heavy (non-hydrogen) atoms. The molecule has 0 aliphatic rings. The molecule has 0 atom stereocenters. The van der Waals surface area contributed by atoms with Crippen molar-refractivity contribution in [1.82, 2.24) is 0 Å². The summed E-state index contributed by atoms with van der Waals surface area (Å²) in [6.45, 7) is 14.7. The van der Waals surface area contributed by atoms with Crippen LogP contribution in [0.2, 0.25) is 0 Å². The van der Waals surface area contributed by atoms with Crippen LogP contribution in [0, 0.1) is 0 Å². The van der Waals surface area contributed by atoms with Crippen LogP contribution in [0.4, 0.5) is 0 Å². The monoisotopic (exact) mass is 296 g/mol. The highest BCUT2D eigenvalue weighted by Crippen LogP contribution is 2.29. The van der Waals surface area contributed by atoms with Gasteiger partial charge < -0.3 is 9.47 Å². The largest absolute Gasteiger partial charge is 0.462 e. The Morgan fingerprint density at radius 1 is 0.905 bits per heavy atom. The Kier molecular flexibility index (Phi) is 8.67. The minimum Gasteiger partial charge on any atom is -0.462 e. The molecule has 0 saturated heterocycles. The first-order valence-electron chi connectivity index (χ1n) is 7.49. The first kappa shape index (κ1) is 19.4. The molecule has 0 saturated carbocycles. The van der Waals surface area contributed by atoms with Crippen molar-refractivity contribution in [1.29, 1.82) is 0 Å². The molecule has 0 aromatic heterocycles. The number of ether oxygens (including phenoxy) is 2. The molecular weight excluding hydrogens is 268 g/mol. The van der Waals surface area contributed by atoms with Crippen LogP contribution in [0.3, 0.4) is 0 Å². The van der Waals surface area contributed by atoms with Gasteiger partial charge in [0.1, 0.15) is 5.60 Å². The van der Waals surface area contributed by atoms with Gasteiger partial charge in [-0.25, -0.2) is 9.59 Å². The Balaban J connectivity index is 4.84. The summed E-state index contributed by atoms with van der Waals surface area (Å²) in [5, 5.41) is 0.